The molecule has 0 radical (unpaired) electrons. The molecule has 5 heteroatoms. The molecule has 170 valence electrons. The number of aryl methyl sites for hydroxylation is 1. The van der Waals surface area contributed by atoms with Crippen LogP contribution in [-0.4, -0.2) is 36.5 Å². The number of benzene rings is 3. The monoisotopic (exact) mass is 441 g/mol. The Hall–Kier alpha value is -3.15. The summed E-state index contributed by atoms with van der Waals surface area (Å²) >= 11 is 0. The maximum absolute atomic E-state index is 13.4. The lowest BCUT2D eigenvalue weighted by Crippen LogP contribution is -2.57. The van der Waals surface area contributed by atoms with Crippen LogP contribution in [0.15, 0.2) is 78.9 Å². The van der Waals surface area contributed by atoms with Gasteiger partial charge in [0.1, 0.15) is 17.5 Å². The lowest BCUT2D eigenvalue weighted by molar-refractivity contribution is -0.128. The highest BCUT2D eigenvalue weighted by molar-refractivity contribution is 5.82. The Bertz CT molecular complexity index is 1090. The lowest BCUT2D eigenvalue weighted by Gasteiger charge is -2.36. The number of nitrogens with one attached hydrogen (secondary N) is 2. The maximum Gasteiger partial charge on any atom is 0.239 e. The number of amides is 1. The predicted molar refractivity (Wildman–Crippen MR) is 130 cm³/mol. The Morgan fingerprint density at radius 2 is 1.82 bits per heavy atom. The minimum atomic E-state index is -0.188. The average Bonchev–Trinajstić information content (AvgIpc) is 2.85. The van der Waals surface area contributed by atoms with Gasteiger partial charge in [-0.05, 0) is 60.2 Å². The molecule has 5 rings (SSSR count). The molecule has 1 heterocycles. The van der Waals surface area contributed by atoms with E-state index in [-0.39, 0.29) is 18.0 Å². The predicted octanol–water partition coefficient (Wildman–Crippen LogP) is 4.45. The fourth-order valence-corrected chi connectivity index (χ4v) is 4.93. The third-order valence-corrected chi connectivity index (χ3v) is 6.61. The lowest BCUT2D eigenvalue weighted by atomic mass is 9.87. The number of fused-ring (bicyclic) bond motifs is 1. The van der Waals surface area contributed by atoms with Gasteiger partial charge in [0, 0.05) is 26.2 Å². The number of para-hydroxylation sites is 1. The van der Waals surface area contributed by atoms with Crippen LogP contribution in [-0.2, 0) is 17.8 Å². The number of rotatable bonds is 6. The molecule has 1 saturated heterocycles. The normalized spacial score (nSPS) is 20.6. The molecule has 1 aliphatic carbocycles. The first-order valence-corrected chi connectivity index (χ1v) is 11.9. The van der Waals surface area contributed by atoms with Crippen LogP contribution >= 0.6 is 0 Å². The second-order valence-electron chi connectivity index (χ2n) is 8.91. The average molecular weight is 442 g/mol. The van der Waals surface area contributed by atoms with Crippen molar-refractivity contribution in [3.8, 4) is 11.5 Å². The van der Waals surface area contributed by atoms with Gasteiger partial charge in [0.25, 0.3) is 0 Å². The second kappa shape index (κ2) is 10.2. The van der Waals surface area contributed by atoms with Crippen LogP contribution in [0.5, 0.6) is 11.5 Å². The van der Waals surface area contributed by atoms with Gasteiger partial charge in [-0.3, -0.25) is 9.69 Å². The topological polar surface area (TPSA) is 53.6 Å². The molecule has 0 aromatic heterocycles. The van der Waals surface area contributed by atoms with Gasteiger partial charge in [-0.1, -0.05) is 54.6 Å². The van der Waals surface area contributed by atoms with E-state index in [2.05, 4.69) is 51.9 Å². The molecule has 2 aliphatic rings. The molecular formula is C28H31N3O2. The highest BCUT2D eigenvalue weighted by Crippen LogP contribution is 2.30. The van der Waals surface area contributed by atoms with Crippen LogP contribution in [0.2, 0.25) is 0 Å². The molecular weight excluding hydrogens is 410 g/mol. The van der Waals surface area contributed by atoms with Crippen molar-refractivity contribution < 1.29 is 9.53 Å². The zero-order valence-corrected chi connectivity index (χ0v) is 18.9. The number of carbonyl (C=O) groups is 1. The van der Waals surface area contributed by atoms with Crippen molar-refractivity contribution in [3.63, 3.8) is 0 Å². The van der Waals surface area contributed by atoms with E-state index in [1.807, 2.05) is 42.5 Å². The zero-order chi connectivity index (χ0) is 22.5. The number of piperazine rings is 1. The summed E-state index contributed by atoms with van der Waals surface area (Å²) in [5, 5.41) is 6.76. The molecule has 2 N–H and O–H groups in total. The number of carbonyl (C=O) groups excluding carboxylic acids is 1. The molecule has 2 unspecified atom stereocenters. The molecule has 3 aromatic carbocycles. The summed E-state index contributed by atoms with van der Waals surface area (Å²) < 4.78 is 6.01. The van der Waals surface area contributed by atoms with Crippen LogP contribution in [0.4, 0.5) is 0 Å². The van der Waals surface area contributed by atoms with Gasteiger partial charge in [0.15, 0.2) is 0 Å². The summed E-state index contributed by atoms with van der Waals surface area (Å²) in [5.74, 6) is 1.75. The molecule has 1 amide bonds. The van der Waals surface area contributed by atoms with E-state index in [0.717, 1.165) is 49.4 Å². The van der Waals surface area contributed by atoms with Gasteiger partial charge < -0.3 is 15.4 Å². The van der Waals surface area contributed by atoms with Crippen molar-refractivity contribution in [2.75, 3.05) is 19.6 Å². The van der Waals surface area contributed by atoms with Crippen molar-refractivity contribution in [2.24, 2.45) is 0 Å². The third-order valence-electron chi connectivity index (χ3n) is 6.61. The van der Waals surface area contributed by atoms with Crippen LogP contribution in [0.1, 0.15) is 35.6 Å². The summed E-state index contributed by atoms with van der Waals surface area (Å²) in [7, 11) is 0. The molecule has 1 fully saturated rings. The second-order valence-corrected chi connectivity index (χ2v) is 8.91. The minimum Gasteiger partial charge on any atom is -0.457 e. The SMILES string of the molecule is O=C(NC1CCCc2ccccc21)C1CNCCN1Cc1cccc(Oc2ccccc2)c1. The molecule has 1 aliphatic heterocycles. The van der Waals surface area contributed by atoms with Crippen LogP contribution in [0.3, 0.4) is 0 Å². The van der Waals surface area contributed by atoms with Gasteiger partial charge >= 0.3 is 0 Å². The summed E-state index contributed by atoms with van der Waals surface area (Å²) in [4.78, 5) is 15.6. The number of nitrogens with zero attached hydrogens (tertiary/aromatic N) is 1. The smallest absolute Gasteiger partial charge is 0.239 e. The minimum absolute atomic E-state index is 0.105. The summed E-state index contributed by atoms with van der Waals surface area (Å²) in [6.45, 7) is 3.10. The fourth-order valence-electron chi connectivity index (χ4n) is 4.93. The van der Waals surface area contributed by atoms with E-state index in [1.165, 1.54) is 11.1 Å². The Kier molecular flexibility index (Phi) is 6.70. The molecule has 0 spiro atoms. The van der Waals surface area contributed by atoms with Crippen molar-refractivity contribution in [3.05, 3.63) is 95.6 Å². The summed E-state index contributed by atoms with van der Waals surface area (Å²) in [6, 6.07) is 26.4. The largest absolute Gasteiger partial charge is 0.457 e. The Morgan fingerprint density at radius 3 is 2.73 bits per heavy atom. The standard InChI is InChI=1S/C28H31N3O2/c32-28(30-26-15-7-10-22-9-4-5-14-25(22)26)27-19-29-16-17-31(27)20-21-8-6-13-24(18-21)33-23-11-2-1-3-12-23/h1-6,8-9,11-14,18,26-27,29H,7,10,15-17,19-20H2,(H,30,32). The number of hydrogen-bond donors (Lipinski definition) is 2. The van der Waals surface area contributed by atoms with Gasteiger partial charge in [-0.2, -0.15) is 0 Å². The van der Waals surface area contributed by atoms with Crippen LogP contribution in [0, 0.1) is 0 Å². The maximum atomic E-state index is 13.4. The Morgan fingerprint density at radius 1 is 1.00 bits per heavy atom. The van der Waals surface area contributed by atoms with Gasteiger partial charge in [-0.25, -0.2) is 0 Å². The third kappa shape index (κ3) is 5.27. The van der Waals surface area contributed by atoms with Gasteiger partial charge in [0.2, 0.25) is 5.91 Å². The van der Waals surface area contributed by atoms with Gasteiger partial charge in [-0.15, -0.1) is 0 Å². The first-order chi connectivity index (χ1) is 16.3. The van der Waals surface area contributed by atoms with Crippen LogP contribution in [0.25, 0.3) is 0 Å². The number of hydrogen-bond acceptors (Lipinski definition) is 4. The summed E-state index contributed by atoms with van der Waals surface area (Å²) in [5.41, 5.74) is 3.78. The van der Waals surface area contributed by atoms with E-state index in [1.54, 1.807) is 0 Å². The van der Waals surface area contributed by atoms with E-state index >= 15 is 0 Å². The first kappa shape index (κ1) is 21.7. The Labute approximate surface area is 195 Å². The molecule has 0 saturated carbocycles. The van der Waals surface area contributed by atoms with E-state index in [4.69, 9.17) is 4.74 Å². The van der Waals surface area contributed by atoms with E-state index in [9.17, 15) is 4.79 Å². The molecule has 2 atom stereocenters. The zero-order valence-electron chi connectivity index (χ0n) is 18.9. The molecule has 0 bridgehead atoms. The van der Waals surface area contributed by atoms with Crippen molar-refractivity contribution in [1.29, 1.82) is 0 Å². The van der Waals surface area contributed by atoms with Crippen LogP contribution < -0.4 is 15.4 Å². The number of ether oxygens (including phenoxy) is 1. The fraction of sp³-hybridized carbons (Fsp3) is 0.321. The molecule has 3 aromatic rings. The van der Waals surface area contributed by atoms with Crippen molar-refractivity contribution in [1.82, 2.24) is 15.5 Å². The van der Waals surface area contributed by atoms with Gasteiger partial charge in [0.05, 0.1) is 6.04 Å². The van der Waals surface area contributed by atoms with E-state index < -0.39 is 0 Å². The highest BCUT2D eigenvalue weighted by atomic mass is 16.5. The summed E-state index contributed by atoms with van der Waals surface area (Å²) in [6.07, 6.45) is 3.21. The quantitative estimate of drug-likeness (QED) is 0.594. The first-order valence-electron chi connectivity index (χ1n) is 11.9. The molecule has 5 nitrogen and oxygen atoms in total. The highest BCUT2D eigenvalue weighted by Gasteiger charge is 2.31. The Balaban J connectivity index is 1.27. The van der Waals surface area contributed by atoms with Crippen molar-refractivity contribution >= 4 is 5.91 Å². The van der Waals surface area contributed by atoms with E-state index in [0.29, 0.717) is 13.1 Å². The van der Waals surface area contributed by atoms with Crippen molar-refractivity contribution in [2.45, 2.75) is 37.9 Å². The molecule has 33 heavy (non-hydrogen) atoms.